The molecule has 0 saturated heterocycles. The van der Waals surface area contributed by atoms with E-state index < -0.39 is 38.1 Å². The Bertz CT molecular complexity index is 1790. The van der Waals surface area contributed by atoms with Gasteiger partial charge in [0, 0.05) is 43.4 Å². The Labute approximate surface area is 295 Å². The number of aryl methyl sites for hydroxylation is 1. The molecule has 3 aromatic carbocycles. The summed E-state index contributed by atoms with van der Waals surface area (Å²) in [5, 5.41) is 10.6. The molecule has 268 valence electrons. The first-order valence-corrected chi connectivity index (χ1v) is 19.6. The summed E-state index contributed by atoms with van der Waals surface area (Å²) in [7, 11) is -6.32. The number of hydrogen-bond donors (Lipinski definition) is 2. The number of carbonyl (C=O) groups is 1. The van der Waals surface area contributed by atoms with Gasteiger partial charge >= 0.3 is 0 Å². The number of aliphatic hydroxyl groups is 1. The third-order valence-corrected chi connectivity index (χ3v) is 12.1. The van der Waals surface area contributed by atoms with E-state index in [0.29, 0.717) is 24.5 Å². The molecule has 3 aromatic rings. The molecule has 14 heteroatoms. The molecular weight excluding hydrogens is 690 g/mol. The van der Waals surface area contributed by atoms with Crippen LogP contribution in [0.25, 0.3) is 0 Å². The molecule has 4 rings (SSSR count). The minimum atomic E-state index is -4.01. The second kappa shape index (κ2) is 16.7. The van der Waals surface area contributed by atoms with Crippen LogP contribution in [0.2, 0.25) is 5.02 Å². The van der Waals surface area contributed by atoms with Gasteiger partial charge in [-0.25, -0.2) is 16.8 Å². The number of nitrogens with one attached hydrogen (secondary N) is 1. The highest BCUT2D eigenvalue weighted by molar-refractivity contribution is 7.92. The Morgan fingerprint density at radius 3 is 2.31 bits per heavy atom. The second-order valence-electron chi connectivity index (χ2n) is 12.7. The van der Waals surface area contributed by atoms with Crippen LogP contribution in [0, 0.1) is 12.8 Å². The zero-order valence-corrected chi connectivity index (χ0v) is 30.9. The Hall–Kier alpha value is -3.20. The van der Waals surface area contributed by atoms with E-state index in [-0.39, 0.29) is 58.5 Å². The highest BCUT2D eigenvalue weighted by atomic mass is 35.5. The van der Waals surface area contributed by atoms with Crippen LogP contribution >= 0.6 is 11.6 Å². The Kier molecular flexibility index (Phi) is 13.1. The van der Waals surface area contributed by atoms with Crippen molar-refractivity contribution in [2.24, 2.45) is 5.92 Å². The fraction of sp³-hybridized carbons (Fsp3) is 0.457. The van der Waals surface area contributed by atoms with Gasteiger partial charge in [0.1, 0.15) is 5.75 Å². The molecule has 2 N–H and O–H groups in total. The van der Waals surface area contributed by atoms with E-state index in [1.807, 2.05) is 20.8 Å². The minimum absolute atomic E-state index is 0.00191. The summed E-state index contributed by atoms with van der Waals surface area (Å²) in [6.45, 7) is 7.55. The number of fused-ring (bicyclic) bond motifs is 1. The minimum Gasteiger partial charge on any atom is -0.490 e. The van der Waals surface area contributed by atoms with Crippen LogP contribution in [-0.2, 0) is 24.8 Å². The van der Waals surface area contributed by atoms with Gasteiger partial charge in [-0.2, -0.15) is 4.31 Å². The van der Waals surface area contributed by atoms with Crippen molar-refractivity contribution in [1.82, 2.24) is 9.21 Å². The SMILES string of the molecule is Cc1ccc(S(=O)(=O)N(C)C[C@H]2OCCCC[C@H](C)Oc3ccc(NS(=O)(=O)c4ccc(Cl)cc4)cc3C(=O)N([C@H](C)CO)C[C@@H]2C)cc1. The zero-order valence-electron chi connectivity index (χ0n) is 28.5. The normalized spacial score (nSPS) is 20.6. The number of carbonyl (C=O) groups excluding carboxylic acids is 1. The van der Waals surface area contributed by atoms with Crippen molar-refractivity contribution in [3.8, 4) is 5.75 Å². The lowest BCUT2D eigenvalue weighted by atomic mass is 10.0. The number of halogens is 1. The number of rotatable bonds is 9. The fourth-order valence-electron chi connectivity index (χ4n) is 5.52. The monoisotopic (exact) mass is 735 g/mol. The first-order valence-electron chi connectivity index (χ1n) is 16.3. The molecule has 1 amide bonds. The smallest absolute Gasteiger partial charge is 0.261 e. The third kappa shape index (κ3) is 9.95. The standard InChI is InChI=1S/C35H46ClN3O8S2/c1-24-9-14-31(15-10-24)49(44,45)38(5)22-34-25(2)21-39(26(3)23-40)35(41)32-20-29(37-48(42,43)30-16-11-28(36)12-17-30)13-18-33(32)47-27(4)8-6-7-19-46-34/h9-18,20,25-27,34,37,40H,6-8,19,21-23H2,1-5H3/t25-,26+,27-,34+/m0/s1. The van der Waals surface area contributed by atoms with Crippen molar-refractivity contribution in [3.05, 3.63) is 82.9 Å². The quantitative estimate of drug-likeness (QED) is 0.291. The first kappa shape index (κ1) is 38.6. The van der Waals surface area contributed by atoms with Crippen LogP contribution < -0.4 is 9.46 Å². The van der Waals surface area contributed by atoms with Gasteiger partial charge in [0.05, 0.1) is 40.2 Å². The molecule has 0 aliphatic carbocycles. The summed E-state index contributed by atoms with van der Waals surface area (Å²) in [4.78, 5) is 16.0. The molecule has 0 fully saturated rings. The summed E-state index contributed by atoms with van der Waals surface area (Å²) in [5.41, 5.74) is 1.21. The molecule has 0 unspecified atom stereocenters. The number of sulfonamides is 2. The van der Waals surface area contributed by atoms with E-state index in [1.165, 1.54) is 52.7 Å². The number of nitrogens with zero attached hydrogens (tertiary/aromatic N) is 2. The lowest BCUT2D eigenvalue weighted by Crippen LogP contribution is -2.48. The predicted molar refractivity (Wildman–Crippen MR) is 190 cm³/mol. The molecule has 11 nitrogen and oxygen atoms in total. The van der Waals surface area contributed by atoms with Crippen LogP contribution in [0.3, 0.4) is 0 Å². The van der Waals surface area contributed by atoms with Crippen molar-refractivity contribution in [2.45, 2.75) is 75.0 Å². The van der Waals surface area contributed by atoms with Crippen molar-refractivity contribution in [2.75, 3.05) is 38.1 Å². The number of anilines is 1. The summed E-state index contributed by atoms with van der Waals surface area (Å²) in [5.74, 6) is -0.574. The summed E-state index contributed by atoms with van der Waals surface area (Å²) in [6, 6.07) is 16.2. The molecule has 1 aliphatic rings. The molecular formula is C35H46ClN3O8S2. The predicted octanol–water partition coefficient (Wildman–Crippen LogP) is 5.57. The van der Waals surface area contributed by atoms with Crippen molar-refractivity contribution < 1.29 is 36.2 Å². The van der Waals surface area contributed by atoms with E-state index in [4.69, 9.17) is 21.1 Å². The number of amides is 1. The number of ether oxygens (including phenoxy) is 2. The number of aliphatic hydroxyl groups excluding tert-OH is 1. The van der Waals surface area contributed by atoms with Crippen molar-refractivity contribution in [3.63, 3.8) is 0 Å². The van der Waals surface area contributed by atoms with Gasteiger partial charge in [0.25, 0.3) is 15.9 Å². The van der Waals surface area contributed by atoms with Gasteiger partial charge in [-0.05, 0) is 94.6 Å². The Morgan fingerprint density at radius 1 is 1.00 bits per heavy atom. The van der Waals surface area contributed by atoms with Crippen LogP contribution in [-0.4, -0.2) is 88.7 Å². The van der Waals surface area contributed by atoms with Crippen LogP contribution in [0.1, 0.15) is 56.0 Å². The Morgan fingerprint density at radius 2 is 1.65 bits per heavy atom. The molecule has 1 heterocycles. The molecule has 0 saturated carbocycles. The van der Waals surface area contributed by atoms with Gasteiger partial charge in [0.2, 0.25) is 10.0 Å². The average Bonchev–Trinajstić information content (AvgIpc) is 3.06. The summed E-state index contributed by atoms with van der Waals surface area (Å²) >= 11 is 5.94. The molecule has 0 bridgehead atoms. The first-order chi connectivity index (χ1) is 23.1. The highest BCUT2D eigenvalue weighted by Gasteiger charge is 2.32. The fourth-order valence-corrected chi connectivity index (χ4v) is 7.88. The van der Waals surface area contributed by atoms with Crippen LogP contribution in [0.15, 0.2) is 76.5 Å². The van der Waals surface area contributed by atoms with Gasteiger partial charge < -0.3 is 19.5 Å². The Balaban J connectivity index is 1.67. The van der Waals surface area contributed by atoms with E-state index in [0.717, 1.165) is 12.0 Å². The molecule has 4 atom stereocenters. The third-order valence-electron chi connectivity index (χ3n) is 8.59. The van der Waals surface area contributed by atoms with E-state index in [1.54, 1.807) is 37.3 Å². The van der Waals surface area contributed by atoms with Crippen molar-refractivity contribution >= 4 is 43.2 Å². The molecule has 49 heavy (non-hydrogen) atoms. The van der Waals surface area contributed by atoms with Gasteiger partial charge in [-0.3, -0.25) is 9.52 Å². The number of likely N-dealkylation sites (N-methyl/N-ethyl adjacent to an activating group) is 1. The summed E-state index contributed by atoms with van der Waals surface area (Å²) in [6.07, 6.45) is 1.26. The molecule has 0 aromatic heterocycles. The zero-order chi connectivity index (χ0) is 35.9. The van der Waals surface area contributed by atoms with E-state index in [2.05, 4.69) is 4.72 Å². The van der Waals surface area contributed by atoms with Crippen LogP contribution in [0.4, 0.5) is 5.69 Å². The topological polar surface area (TPSA) is 143 Å². The number of hydrogen-bond acceptors (Lipinski definition) is 8. The lowest BCUT2D eigenvalue weighted by Gasteiger charge is -2.35. The van der Waals surface area contributed by atoms with E-state index in [9.17, 15) is 26.7 Å². The highest BCUT2D eigenvalue weighted by Crippen LogP contribution is 2.30. The van der Waals surface area contributed by atoms with Gasteiger partial charge in [0.15, 0.2) is 0 Å². The average molecular weight is 736 g/mol. The van der Waals surface area contributed by atoms with Gasteiger partial charge in [-0.15, -0.1) is 0 Å². The van der Waals surface area contributed by atoms with Gasteiger partial charge in [-0.1, -0.05) is 36.2 Å². The second-order valence-corrected chi connectivity index (χ2v) is 16.8. The molecule has 0 radical (unpaired) electrons. The largest absolute Gasteiger partial charge is 0.490 e. The number of benzene rings is 3. The maximum atomic E-state index is 14.4. The van der Waals surface area contributed by atoms with E-state index >= 15 is 0 Å². The summed E-state index contributed by atoms with van der Waals surface area (Å²) < 4.78 is 69.6. The maximum absolute atomic E-state index is 14.4. The molecule has 1 aliphatic heterocycles. The van der Waals surface area contributed by atoms with Crippen LogP contribution in [0.5, 0.6) is 5.75 Å². The maximum Gasteiger partial charge on any atom is 0.261 e. The lowest BCUT2D eigenvalue weighted by molar-refractivity contribution is -0.00833. The molecule has 0 spiro atoms. The van der Waals surface area contributed by atoms with Crippen molar-refractivity contribution in [1.29, 1.82) is 0 Å².